The Morgan fingerprint density at radius 3 is 2.79 bits per heavy atom. The molecule has 1 aliphatic heterocycles. The lowest BCUT2D eigenvalue weighted by molar-refractivity contribution is -0.154. The summed E-state index contributed by atoms with van der Waals surface area (Å²) in [7, 11) is 0. The fourth-order valence-corrected chi connectivity index (χ4v) is 1.89. The van der Waals surface area contributed by atoms with Crippen molar-refractivity contribution >= 4 is 5.97 Å². The van der Waals surface area contributed by atoms with E-state index < -0.39 is 12.0 Å². The number of hydrogen-bond donors (Lipinski definition) is 1. The number of rotatable bonds is 2. The minimum atomic E-state index is -0.724. The Hall–Kier alpha value is -1.59. The van der Waals surface area contributed by atoms with Crippen LogP contribution < -0.4 is 10.5 Å². The van der Waals surface area contributed by atoms with Gasteiger partial charge in [0, 0.05) is 6.42 Å². The molecule has 0 saturated carbocycles. The van der Waals surface area contributed by atoms with Crippen molar-refractivity contribution in [3.05, 3.63) is 30.3 Å². The van der Waals surface area contributed by atoms with Gasteiger partial charge in [-0.25, -0.2) is 0 Å². The summed E-state index contributed by atoms with van der Waals surface area (Å²) < 4.78 is 16.5. The lowest BCUT2D eigenvalue weighted by atomic mass is 10.1. The van der Waals surface area contributed by atoms with E-state index in [4.69, 9.17) is 19.9 Å². The molecule has 5 heteroatoms. The van der Waals surface area contributed by atoms with Crippen molar-refractivity contribution in [2.75, 3.05) is 13.2 Å². The monoisotopic (exact) mass is 265 g/mol. The van der Waals surface area contributed by atoms with Gasteiger partial charge >= 0.3 is 5.97 Å². The molecule has 19 heavy (non-hydrogen) atoms. The van der Waals surface area contributed by atoms with E-state index in [-0.39, 0.29) is 18.8 Å². The number of hydrogen-bond acceptors (Lipinski definition) is 5. The van der Waals surface area contributed by atoms with E-state index in [1.54, 1.807) is 0 Å². The molecule has 0 aromatic heterocycles. The average molecular weight is 265 g/mol. The van der Waals surface area contributed by atoms with Gasteiger partial charge < -0.3 is 19.9 Å². The summed E-state index contributed by atoms with van der Waals surface area (Å²) in [5, 5.41) is 0. The molecule has 1 heterocycles. The molecule has 0 bridgehead atoms. The fourth-order valence-electron chi connectivity index (χ4n) is 1.89. The topological polar surface area (TPSA) is 70.8 Å². The second kappa shape index (κ2) is 6.54. The smallest absolute Gasteiger partial charge is 0.325 e. The third kappa shape index (κ3) is 3.94. The van der Waals surface area contributed by atoms with Gasteiger partial charge in [0.25, 0.3) is 0 Å². The van der Waals surface area contributed by atoms with Gasteiger partial charge in [0.05, 0.1) is 13.2 Å². The van der Waals surface area contributed by atoms with Crippen LogP contribution in [0.2, 0.25) is 0 Å². The molecule has 2 unspecified atom stereocenters. The van der Waals surface area contributed by atoms with Crippen LogP contribution in [0.3, 0.4) is 0 Å². The van der Waals surface area contributed by atoms with Crippen molar-refractivity contribution < 1.29 is 19.0 Å². The Kier molecular flexibility index (Phi) is 4.76. The molecule has 104 valence electrons. The van der Waals surface area contributed by atoms with Crippen molar-refractivity contribution in [1.82, 2.24) is 0 Å². The number of ether oxygens (including phenoxy) is 3. The predicted molar refractivity (Wildman–Crippen MR) is 69.8 cm³/mol. The van der Waals surface area contributed by atoms with Gasteiger partial charge in [-0.1, -0.05) is 18.2 Å². The highest BCUT2D eigenvalue weighted by Crippen LogP contribution is 2.17. The molecular formula is C14H19NO4. The van der Waals surface area contributed by atoms with Gasteiger partial charge in [0.2, 0.25) is 0 Å². The largest absolute Gasteiger partial charge is 0.486 e. The molecule has 0 amide bonds. The van der Waals surface area contributed by atoms with E-state index in [1.807, 2.05) is 37.3 Å². The van der Waals surface area contributed by atoms with Gasteiger partial charge in [-0.2, -0.15) is 0 Å². The number of carbonyl (C=O) groups excluding carboxylic acids is 1. The van der Waals surface area contributed by atoms with E-state index in [1.165, 1.54) is 0 Å². The second-order valence-electron chi connectivity index (χ2n) is 4.58. The third-order valence-corrected chi connectivity index (χ3v) is 3.00. The molecule has 1 saturated heterocycles. The van der Waals surface area contributed by atoms with Crippen molar-refractivity contribution in [3.63, 3.8) is 0 Å². The summed E-state index contributed by atoms with van der Waals surface area (Å²) in [5.74, 6) is 0.301. The van der Waals surface area contributed by atoms with Crippen LogP contribution in [0.1, 0.15) is 13.3 Å². The Morgan fingerprint density at radius 2 is 2.05 bits per heavy atom. The standard InChI is InChI=1S/C14H19NO4/c1-10-13(19-11-5-3-2-4-6-11)7-8-17-9-12(15)14(16)18-10/h2-6,10,12-13H,7-9,15H2,1H3/t10?,12-,13?/m0/s1. The molecule has 0 aliphatic carbocycles. The first-order valence-electron chi connectivity index (χ1n) is 6.42. The number of esters is 1. The maximum Gasteiger partial charge on any atom is 0.325 e. The summed E-state index contributed by atoms with van der Waals surface area (Å²) >= 11 is 0. The molecular weight excluding hydrogens is 246 g/mol. The SMILES string of the molecule is CC1OC(=O)[C@@H](N)COCCC1Oc1ccccc1. The highest BCUT2D eigenvalue weighted by atomic mass is 16.6. The number of cyclic esters (lactones) is 1. The molecule has 0 spiro atoms. The Labute approximate surface area is 112 Å². The van der Waals surface area contributed by atoms with Gasteiger partial charge in [-0.3, -0.25) is 4.79 Å². The van der Waals surface area contributed by atoms with Crippen molar-refractivity contribution in [2.24, 2.45) is 5.73 Å². The minimum absolute atomic E-state index is 0.184. The average Bonchev–Trinajstić information content (AvgIpc) is 2.46. The molecule has 5 nitrogen and oxygen atoms in total. The fraction of sp³-hybridized carbons (Fsp3) is 0.500. The first-order valence-corrected chi connectivity index (χ1v) is 6.42. The Morgan fingerprint density at radius 1 is 1.32 bits per heavy atom. The zero-order valence-electron chi connectivity index (χ0n) is 11.0. The third-order valence-electron chi connectivity index (χ3n) is 3.00. The number of nitrogens with two attached hydrogens (primary N) is 1. The van der Waals surface area contributed by atoms with Crippen molar-refractivity contribution in [1.29, 1.82) is 0 Å². The maximum atomic E-state index is 11.6. The summed E-state index contributed by atoms with van der Waals surface area (Å²) in [6, 6.07) is 8.72. The summed E-state index contributed by atoms with van der Waals surface area (Å²) in [6.45, 7) is 2.49. The van der Waals surface area contributed by atoms with E-state index in [0.717, 1.165) is 5.75 Å². The van der Waals surface area contributed by atoms with Crippen LogP contribution in [0, 0.1) is 0 Å². The minimum Gasteiger partial charge on any atom is -0.486 e. The van der Waals surface area contributed by atoms with Crippen LogP contribution in [0.25, 0.3) is 0 Å². The van der Waals surface area contributed by atoms with Crippen LogP contribution in [0.15, 0.2) is 30.3 Å². The first-order chi connectivity index (χ1) is 9.16. The Bertz CT molecular complexity index is 409. The molecule has 1 aromatic rings. The van der Waals surface area contributed by atoms with Gasteiger partial charge in [-0.15, -0.1) is 0 Å². The summed E-state index contributed by atoms with van der Waals surface area (Å²) in [5.41, 5.74) is 5.64. The lowest BCUT2D eigenvalue weighted by Crippen LogP contribution is -2.40. The number of benzene rings is 1. The molecule has 1 aliphatic rings. The number of carbonyl (C=O) groups is 1. The normalized spacial score (nSPS) is 28.7. The molecule has 3 atom stereocenters. The molecule has 0 radical (unpaired) electrons. The maximum absolute atomic E-state index is 11.6. The zero-order chi connectivity index (χ0) is 13.7. The van der Waals surface area contributed by atoms with E-state index >= 15 is 0 Å². The molecule has 2 N–H and O–H groups in total. The van der Waals surface area contributed by atoms with Crippen LogP contribution >= 0.6 is 0 Å². The molecule has 1 aromatic carbocycles. The summed E-state index contributed by atoms with van der Waals surface area (Å²) in [6.07, 6.45) is 0.0490. The van der Waals surface area contributed by atoms with Crippen LogP contribution in [-0.2, 0) is 14.3 Å². The predicted octanol–water partition coefficient (Wildman–Crippen LogP) is 1.11. The number of para-hydroxylation sites is 1. The molecule has 2 rings (SSSR count). The van der Waals surface area contributed by atoms with E-state index in [9.17, 15) is 4.79 Å². The van der Waals surface area contributed by atoms with E-state index in [2.05, 4.69) is 0 Å². The van der Waals surface area contributed by atoms with Crippen molar-refractivity contribution in [3.8, 4) is 5.75 Å². The van der Waals surface area contributed by atoms with Gasteiger partial charge in [0.1, 0.15) is 24.0 Å². The first kappa shape index (κ1) is 13.8. The highest BCUT2D eigenvalue weighted by Gasteiger charge is 2.27. The van der Waals surface area contributed by atoms with Gasteiger partial charge in [0.15, 0.2) is 0 Å². The lowest BCUT2D eigenvalue weighted by Gasteiger charge is -2.24. The van der Waals surface area contributed by atoms with E-state index in [0.29, 0.717) is 13.0 Å². The highest BCUT2D eigenvalue weighted by molar-refractivity contribution is 5.75. The molecule has 1 fully saturated rings. The van der Waals surface area contributed by atoms with Gasteiger partial charge in [-0.05, 0) is 19.1 Å². The van der Waals surface area contributed by atoms with Crippen molar-refractivity contribution in [2.45, 2.75) is 31.6 Å². The second-order valence-corrected chi connectivity index (χ2v) is 4.58. The summed E-state index contributed by atoms with van der Waals surface area (Å²) in [4.78, 5) is 11.6. The van der Waals surface area contributed by atoms with Crippen LogP contribution in [0.5, 0.6) is 5.75 Å². The quantitative estimate of drug-likeness (QED) is 0.811. The zero-order valence-corrected chi connectivity index (χ0v) is 11.0. The van der Waals surface area contributed by atoms with Crippen LogP contribution in [0.4, 0.5) is 0 Å². The van der Waals surface area contributed by atoms with Crippen LogP contribution in [-0.4, -0.2) is 37.4 Å². The Balaban J connectivity index is 2.03.